The van der Waals surface area contributed by atoms with Crippen LogP contribution in [0.15, 0.2) is 65.4 Å². The van der Waals surface area contributed by atoms with Crippen LogP contribution in [0.2, 0.25) is 0 Å². The molecule has 0 atom stereocenters. The highest BCUT2D eigenvalue weighted by Crippen LogP contribution is 2.26. The molecule has 4 rings (SSSR count). The molecule has 1 amide bonds. The zero-order chi connectivity index (χ0) is 17.1. The normalized spacial score (nSPS) is 10.9. The summed E-state index contributed by atoms with van der Waals surface area (Å²) in [6.07, 6.45) is 5.16. The molecule has 0 spiro atoms. The fraction of sp³-hybridized carbons (Fsp3) is 0.0588. The number of nitrogens with one attached hydrogen (secondary N) is 1. The average Bonchev–Trinajstić information content (AvgIpc) is 3.30. The minimum Gasteiger partial charge on any atom is -0.301 e. The van der Waals surface area contributed by atoms with Crippen LogP contribution in [0.3, 0.4) is 0 Å². The minimum absolute atomic E-state index is 0.105. The van der Waals surface area contributed by atoms with Crippen molar-refractivity contribution in [3.8, 4) is 11.3 Å². The zero-order valence-electron chi connectivity index (χ0n) is 13.0. The number of benzene rings is 1. The molecule has 0 unspecified atom stereocenters. The number of hydrogen-bond acceptors (Lipinski definition) is 6. The highest BCUT2D eigenvalue weighted by atomic mass is 32.2. The first-order valence-electron chi connectivity index (χ1n) is 7.51. The zero-order valence-corrected chi connectivity index (χ0v) is 14.6. The summed E-state index contributed by atoms with van der Waals surface area (Å²) in [6.45, 7) is 0. The van der Waals surface area contributed by atoms with E-state index in [1.165, 1.54) is 23.1 Å². The lowest BCUT2D eigenvalue weighted by Gasteiger charge is -2.03. The minimum atomic E-state index is -0.105. The van der Waals surface area contributed by atoms with E-state index in [1.807, 2.05) is 48.0 Å². The lowest BCUT2D eigenvalue weighted by atomic mass is 10.1. The van der Waals surface area contributed by atoms with E-state index in [0.29, 0.717) is 5.13 Å². The molecule has 0 aliphatic carbocycles. The fourth-order valence-electron chi connectivity index (χ4n) is 2.33. The first kappa shape index (κ1) is 15.8. The Hall–Kier alpha value is -2.71. The van der Waals surface area contributed by atoms with Crippen LogP contribution in [0.1, 0.15) is 0 Å². The molecule has 4 aromatic rings. The van der Waals surface area contributed by atoms with Gasteiger partial charge < -0.3 is 5.32 Å². The van der Waals surface area contributed by atoms with E-state index in [-0.39, 0.29) is 11.7 Å². The van der Waals surface area contributed by atoms with Gasteiger partial charge in [0.2, 0.25) is 5.91 Å². The largest absolute Gasteiger partial charge is 0.301 e. The van der Waals surface area contributed by atoms with Gasteiger partial charge in [0.15, 0.2) is 5.13 Å². The van der Waals surface area contributed by atoms with E-state index >= 15 is 0 Å². The van der Waals surface area contributed by atoms with Gasteiger partial charge in [-0.05, 0) is 6.07 Å². The third-order valence-corrected chi connectivity index (χ3v) is 5.13. The molecule has 3 heterocycles. The molecule has 0 radical (unpaired) electrons. The summed E-state index contributed by atoms with van der Waals surface area (Å²) in [5, 5.41) is 10.6. The smallest absolute Gasteiger partial charge is 0.236 e. The molecule has 0 bridgehead atoms. The van der Waals surface area contributed by atoms with Crippen LogP contribution in [0.25, 0.3) is 16.8 Å². The van der Waals surface area contributed by atoms with Gasteiger partial charge >= 0.3 is 0 Å². The second-order valence-corrected chi connectivity index (χ2v) is 6.99. The SMILES string of the molecule is O=C(CSc1nccn2nc(-c3ccccc3)cc12)Nc1nccs1. The molecule has 0 aliphatic rings. The highest BCUT2D eigenvalue weighted by Gasteiger charge is 2.11. The first-order valence-corrected chi connectivity index (χ1v) is 9.38. The predicted molar refractivity (Wildman–Crippen MR) is 99.9 cm³/mol. The molecule has 6 nitrogen and oxygen atoms in total. The second kappa shape index (κ2) is 7.04. The van der Waals surface area contributed by atoms with Crippen LogP contribution in [0.5, 0.6) is 0 Å². The maximum atomic E-state index is 12.0. The molecule has 8 heteroatoms. The third-order valence-electron chi connectivity index (χ3n) is 3.44. The van der Waals surface area contributed by atoms with Crippen LogP contribution < -0.4 is 5.32 Å². The van der Waals surface area contributed by atoms with E-state index in [2.05, 4.69) is 20.4 Å². The molecule has 124 valence electrons. The Balaban J connectivity index is 1.53. The van der Waals surface area contributed by atoms with Crippen molar-refractivity contribution in [1.29, 1.82) is 0 Å². The van der Waals surface area contributed by atoms with Crippen molar-refractivity contribution < 1.29 is 4.79 Å². The summed E-state index contributed by atoms with van der Waals surface area (Å²) in [5.41, 5.74) is 2.81. The van der Waals surface area contributed by atoms with Crippen LogP contribution >= 0.6 is 23.1 Å². The number of thiazole rings is 1. The van der Waals surface area contributed by atoms with Gasteiger partial charge in [0.25, 0.3) is 0 Å². The van der Waals surface area contributed by atoms with Gasteiger partial charge in [-0.2, -0.15) is 5.10 Å². The Morgan fingerprint density at radius 2 is 2.08 bits per heavy atom. The van der Waals surface area contributed by atoms with Crippen LogP contribution in [0.4, 0.5) is 5.13 Å². The van der Waals surface area contributed by atoms with Gasteiger partial charge in [-0.15, -0.1) is 11.3 Å². The van der Waals surface area contributed by atoms with Crippen LogP contribution in [-0.4, -0.2) is 31.2 Å². The van der Waals surface area contributed by atoms with Crippen LogP contribution in [-0.2, 0) is 4.79 Å². The summed E-state index contributed by atoms with van der Waals surface area (Å²) in [5.74, 6) is 0.157. The Morgan fingerprint density at radius 3 is 2.88 bits per heavy atom. The van der Waals surface area contributed by atoms with Crippen molar-refractivity contribution in [3.05, 3.63) is 60.4 Å². The van der Waals surface area contributed by atoms with E-state index in [0.717, 1.165) is 21.8 Å². The monoisotopic (exact) mass is 367 g/mol. The van der Waals surface area contributed by atoms with Gasteiger partial charge in [0, 0.05) is 29.5 Å². The summed E-state index contributed by atoms with van der Waals surface area (Å²) in [4.78, 5) is 20.5. The summed E-state index contributed by atoms with van der Waals surface area (Å²) in [6, 6.07) is 12.0. The number of thioether (sulfide) groups is 1. The molecule has 0 saturated heterocycles. The Morgan fingerprint density at radius 1 is 1.20 bits per heavy atom. The lowest BCUT2D eigenvalue weighted by molar-refractivity contribution is -0.113. The van der Waals surface area contributed by atoms with Gasteiger partial charge in [-0.25, -0.2) is 14.5 Å². The van der Waals surface area contributed by atoms with Gasteiger partial charge in [0.1, 0.15) is 5.03 Å². The molecular weight excluding hydrogens is 354 g/mol. The van der Waals surface area contributed by atoms with Crippen molar-refractivity contribution >= 4 is 39.7 Å². The Bertz CT molecular complexity index is 999. The van der Waals surface area contributed by atoms with Gasteiger partial charge in [-0.3, -0.25) is 4.79 Å². The van der Waals surface area contributed by atoms with Crippen molar-refractivity contribution in [2.24, 2.45) is 0 Å². The molecule has 0 fully saturated rings. The molecule has 1 N–H and O–H groups in total. The maximum absolute atomic E-state index is 12.0. The topological polar surface area (TPSA) is 72.2 Å². The number of anilines is 1. The quantitative estimate of drug-likeness (QED) is 0.546. The second-order valence-electron chi connectivity index (χ2n) is 5.13. The molecule has 0 saturated carbocycles. The number of carbonyl (C=O) groups is 1. The number of amides is 1. The maximum Gasteiger partial charge on any atom is 0.236 e. The number of nitrogens with zero attached hydrogens (tertiary/aromatic N) is 4. The van der Waals surface area contributed by atoms with Crippen LogP contribution in [0, 0.1) is 0 Å². The molecular formula is C17H13N5OS2. The third kappa shape index (κ3) is 3.54. The predicted octanol–water partition coefficient (Wildman–Crippen LogP) is 3.58. The van der Waals surface area contributed by atoms with E-state index < -0.39 is 0 Å². The van der Waals surface area contributed by atoms with Crippen molar-refractivity contribution in [2.75, 3.05) is 11.1 Å². The standard InChI is InChI=1S/C17H13N5OS2/c23-15(20-17-19-7-9-24-17)11-25-16-14-10-13(12-4-2-1-3-5-12)21-22(14)8-6-18-16/h1-10H,11H2,(H,19,20,23). The number of hydrogen-bond donors (Lipinski definition) is 1. The highest BCUT2D eigenvalue weighted by molar-refractivity contribution is 8.00. The number of aromatic nitrogens is 4. The summed E-state index contributed by atoms with van der Waals surface area (Å²) >= 11 is 2.78. The Kier molecular flexibility index (Phi) is 4.45. The van der Waals surface area contributed by atoms with E-state index in [9.17, 15) is 4.79 Å². The lowest BCUT2D eigenvalue weighted by Crippen LogP contribution is -2.13. The average molecular weight is 367 g/mol. The summed E-state index contributed by atoms with van der Waals surface area (Å²) < 4.78 is 1.79. The van der Waals surface area contributed by atoms with Crippen molar-refractivity contribution in [2.45, 2.75) is 5.03 Å². The molecule has 3 aromatic heterocycles. The number of rotatable bonds is 5. The molecule has 0 aliphatic heterocycles. The van der Waals surface area contributed by atoms with Gasteiger partial charge in [0.05, 0.1) is 17.0 Å². The van der Waals surface area contributed by atoms with E-state index in [1.54, 1.807) is 16.9 Å². The molecule has 25 heavy (non-hydrogen) atoms. The van der Waals surface area contributed by atoms with Crippen molar-refractivity contribution in [3.63, 3.8) is 0 Å². The summed E-state index contributed by atoms with van der Waals surface area (Å²) in [7, 11) is 0. The number of fused-ring (bicyclic) bond motifs is 1. The molecule has 1 aromatic carbocycles. The van der Waals surface area contributed by atoms with Crippen molar-refractivity contribution in [1.82, 2.24) is 19.6 Å². The first-order chi connectivity index (χ1) is 12.3. The number of carbonyl (C=O) groups excluding carboxylic acids is 1. The van der Waals surface area contributed by atoms with E-state index in [4.69, 9.17) is 0 Å². The fourth-order valence-corrected chi connectivity index (χ4v) is 3.65. The van der Waals surface area contributed by atoms with Gasteiger partial charge in [-0.1, -0.05) is 42.1 Å². The Labute approximate surface area is 151 Å².